The molecule has 3 saturated carbocycles. The Labute approximate surface area is 181 Å². The Hall–Kier alpha value is -2.23. The van der Waals surface area contributed by atoms with Gasteiger partial charge in [0, 0.05) is 17.0 Å². The van der Waals surface area contributed by atoms with Gasteiger partial charge in [0.25, 0.3) is 11.8 Å². The fraction of sp³-hybridized carbons (Fsp3) is 0.450. The van der Waals surface area contributed by atoms with Crippen LogP contribution in [-0.2, 0) is 4.79 Å². The van der Waals surface area contributed by atoms with Crippen molar-refractivity contribution < 1.29 is 23.8 Å². The lowest BCUT2D eigenvalue weighted by Gasteiger charge is -2.56. The minimum Gasteiger partial charge on any atom is -0.484 e. The van der Waals surface area contributed by atoms with Gasteiger partial charge < -0.3 is 20.5 Å². The molecule has 3 aliphatic rings. The van der Waals surface area contributed by atoms with E-state index in [1.165, 1.54) is 23.5 Å². The molecule has 1 unspecified atom stereocenters. The van der Waals surface area contributed by atoms with Crippen molar-refractivity contribution in [2.75, 3.05) is 6.61 Å². The van der Waals surface area contributed by atoms with Crippen LogP contribution in [0.25, 0.3) is 0 Å². The van der Waals surface area contributed by atoms with Crippen LogP contribution < -0.4 is 15.4 Å². The normalized spacial score (nSPS) is 27.5. The van der Waals surface area contributed by atoms with Crippen LogP contribution in [0.15, 0.2) is 29.1 Å². The second kappa shape index (κ2) is 8.13. The van der Waals surface area contributed by atoms with Crippen molar-refractivity contribution in [3.63, 3.8) is 0 Å². The van der Waals surface area contributed by atoms with Crippen molar-refractivity contribution in [1.29, 1.82) is 0 Å². The summed E-state index contributed by atoms with van der Waals surface area (Å²) in [6.07, 6.45) is 1.91. The van der Waals surface area contributed by atoms with E-state index in [1.54, 1.807) is 10.9 Å². The van der Waals surface area contributed by atoms with E-state index in [0.717, 1.165) is 6.07 Å². The first-order chi connectivity index (χ1) is 14.3. The van der Waals surface area contributed by atoms with Gasteiger partial charge in [0.2, 0.25) is 0 Å². The molecule has 3 fully saturated rings. The van der Waals surface area contributed by atoms with E-state index in [4.69, 9.17) is 16.3 Å². The van der Waals surface area contributed by atoms with E-state index in [-0.39, 0.29) is 23.3 Å². The molecule has 7 nitrogen and oxygen atoms in total. The minimum atomic E-state index is -0.798. The highest BCUT2D eigenvalue weighted by Crippen LogP contribution is 2.47. The summed E-state index contributed by atoms with van der Waals surface area (Å²) in [7, 11) is 0. The smallest absolute Gasteiger partial charge is 0.271 e. The van der Waals surface area contributed by atoms with Gasteiger partial charge in [-0.25, -0.2) is 9.37 Å². The largest absolute Gasteiger partial charge is 0.484 e. The first kappa shape index (κ1) is 21.0. The third-order valence-electron chi connectivity index (χ3n) is 6.01. The molecular formula is C20H21ClFN3O4S. The third-order valence-corrected chi connectivity index (χ3v) is 6.91. The predicted molar refractivity (Wildman–Crippen MR) is 109 cm³/mol. The maximum Gasteiger partial charge on any atom is 0.271 e. The summed E-state index contributed by atoms with van der Waals surface area (Å²) in [5.74, 6) is -1.07. The van der Waals surface area contributed by atoms with Crippen LogP contribution in [0, 0.1) is 5.82 Å². The highest BCUT2D eigenvalue weighted by Gasteiger charge is 2.55. The summed E-state index contributed by atoms with van der Waals surface area (Å²) < 4.78 is 18.8. The number of rotatable bonds is 6. The van der Waals surface area contributed by atoms with E-state index in [1.807, 2.05) is 0 Å². The molecule has 0 radical (unpaired) electrons. The molecule has 0 spiro atoms. The molecule has 0 saturated heterocycles. The Morgan fingerprint density at radius 2 is 2.07 bits per heavy atom. The molecule has 2 aromatic rings. The van der Waals surface area contributed by atoms with Gasteiger partial charge in [0.1, 0.15) is 17.3 Å². The van der Waals surface area contributed by atoms with Crippen LogP contribution in [0.3, 0.4) is 0 Å². The number of nitrogens with zero attached hydrogens (tertiary/aromatic N) is 1. The van der Waals surface area contributed by atoms with Crippen LogP contribution in [0.5, 0.6) is 5.75 Å². The number of hydrogen-bond acceptors (Lipinski definition) is 6. The molecular weight excluding hydrogens is 433 g/mol. The Balaban J connectivity index is 1.34. The number of hydrogen-bond donors (Lipinski definition) is 3. The number of benzene rings is 1. The first-order valence-corrected chi connectivity index (χ1v) is 10.9. The summed E-state index contributed by atoms with van der Waals surface area (Å²) >= 11 is 6.98. The third kappa shape index (κ3) is 4.14. The first-order valence-electron chi connectivity index (χ1n) is 9.59. The van der Waals surface area contributed by atoms with E-state index in [2.05, 4.69) is 15.6 Å². The molecule has 1 aromatic carbocycles. The van der Waals surface area contributed by atoms with E-state index >= 15 is 0 Å². The van der Waals surface area contributed by atoms with Gasteiger partial charge in [-0.15, -0.1) is 11.3 Å². The maximum absolute atomic E-state index is 13.5. The Morgan fingerprint density at radius 3 is 2.70 bits per heavy atom. The van der Waals surface area contributed by atoms with Crippen LogP contribution in [0.1, 0.15) is 42.6 Å². The Kier molecular flexibility index (Phi) is 5.69. The number of ether oxygens (including phenoxy) is 1. The number of amides is 2. The number of aliphatic hydroxyl groups is 1. The molecule has 0 aliphatic heterocycles. The lowest BCUT2D eigenvalue weighted by Crippen LogP contribution is -2.70. The number of nitrogens with one attached hydrogen (secondary N) is 2. The van der Waals surface area contributed by atoms with Gasteiger partial charge >= 0.3 is 0 Å². The molecule has 160 valence electrons. The standard InChI is InChI=1S/C20H21ClFN3O4S/c21-13-2-1-12(7-14(13)22)29-9-17(27)24-20-5-3-19(4-6-20,8-16(20)26)25-18(28)15-10-30-11-23-15/h1-2,7,10-11,16,26H,3-6,8-9H2,(H,24,27)(H,25,28). The lowest BCUT2D eigenvalue weighted by atomic mass is 9.60. The zero-order valence-corrected chi connectivity index (χ0v) is 17.6. The topological polar surface area (TPSA) is 101 Å². The van der Waals surface area contributed by atoms with Crippen LogP contribution >= 0.6 is 22.9 Å². The zero-order chi connectivity index (χ0) is 21.4. The second-order valence-corrected chi connectivity index (χ2v) is 9.02. The molecule has 3 aliphatic carbocycles. The summed E-state index contributed by atoms with van der Waals surface area (Å²) in [5.41, 5.74) is 0.725. The Bertz CT molecular complexity index is 948. The summed E-state index contributed by atoms with van der Waals surface area (Å²) in [4.78, 5) is 28.9. The van der Waals surface area contributed by atoms with E-state index in [9.17, 15) is 19.1 Å². The number of aliphatic hydroxyl groups excluding tert-OH is 1. The molecule has 3 N–H and O–H groups in total. The van der Waals surface area contributed by atoms with Crippen molar-refractivity contribution in [3.8, 4) is 5.75 Å². The molecule has 1 aromatic heterocycles. The lowest BCUT2D eigenvalue weighted by molar-refractivity contribution is -0.132. The van der Waals surface area contributed by atoms with Gasteiger partial charge in [-0.2, -0.15) is 0 Å². The van der Waals surface area contributed by atoms with Crippen LogP contribution in [0.4, 0.5) is 4.39 Å². The number of aromatic nitrogens is 1. The van der Waals surface area contributed by atoms with Gasteiger partial charge in [-0.05, 0) is 44.2 Å². The average molecular weight is 454 g/mol. The van der Waals surface area contributed by atoms with Crippen LogP contribution in [-0.4, -0.2) is 45.7 Å². The highest BCUT2D eigenvalue weighted by atomic mass is 35.5. The number of carbonyl (C=O) groups excluding carboxylic acids is 2. The molecule has 1 heterocycles. The van der Waals surface area contributed by atoms with Crippen molar-refractivity contribution >= 4 is 34.8 Å². The molecule has 10 heteroatoms. The number of halogens is 2. The average Bonchev–Trinajstić information content (AvgIpc) is 3.25. The fourth-order valence-corrected chi connectivity index (χ4v) is 4.97. The fourth-order valence-electron chi connectivity index (χ4n) is 4.32. The van der Waals surface area contributed by atoms with Gasteiger partial charge in [0.15, 0.2) is 6.61 Å². The summed E-state index contributed by atoms with van der Waals surface area (Å²) in [6.45, 7) is -0.304. The number of fused-ring (bicyclic) bond motifs is 3. The van der Waals surface area contributed by atoms with Crippen molar-refractivity contribution in [2.45, 2.75) is 49.3 Å². The molecule has 5 rings (SSSR count). The molecule has 30 heavy (non-hydrogen) atoms. The number of thiazole rings is 1. The van der Waals surface area contributed by atoms with Crippen molar-refractivity contribution in [1.82, 2.24) is 15.6 Å². The molecule has 1 atom stereocenters. The quantitative estimate of drug-likeness (QED) is 0.624. The predicted octanol–water partition coefficient (Wildman–Crippen LogP) is 2.68. The zero-order valence-electron chi connectivity index (χ0n) is 16.0. The van der Waals surface area contributed by atoms with E-state index in [0.29, 0.717) is 37.8 Å². The SMILES string of the molecule is O=C(COc1ccc(Cl)c(F)c1)NC12CCC(NC(=O)c3cscn3)(CC1)CC2O. The van der Waals surface area contributed by atoms with Crippen LogP contribution in [0.2, 0.25) is 5.02 Å². The van der Waals surface area contributed by atoms with E-state index < -0.39 is 28.9 Å². The van der Waals surface area contributed by atoms with Gasteiger partial charge in [-0.3, -0.25) is 9.59 Å². The minimum absolute atomic E-state index is 0.0245. The number of carbonyl (C=O) groups is 2. The Morgan fingerprint density at radius 1 is 1.30 bits per heavy atom. The monoisotopic (exact) mass is 453 g/mol. The maximum atomic E-state index is 13.5. The van der Waals surface area contributed by atoms with Gasteiger partial charge in [0.05, 0.1) is 22.2 Å². The summed E-state index contributed by atoms with van der Waals surface area (Å²) in [6, 6.07) is 3.95. The molecule has 2 bridgehead atoms. The van der Waals surface area contributed by atoms with Crippen molar-refractivity contribution in [3.05, 3.63) is 45.6 Å². The highest BCUT2D eigenvalue weighted by molar-refractivity contribution is 7.07. The molecule has 2 amide bonds. The summed E-state index contributed by atoms with van der Waals surface area (Å²) in [5, 5.41) is 18.4. The van der Waals surface area contributed by atoms with Gasteiger partial charge in [-0.1, -0.05) is 11.6 Å². The van der Waals surface area contributed by atoms with Crippen molar-refractivity contribution in [2.24, 2.45) is 0 Å². The second-order valence-electron chi connectivity index (χ2n) is 7.90.